The minimum atomic E-state index is 0.418. The van der Waals surface area contributed by atoms with Crippen molar-refractivity contribution in [2.45, 2.75) is 6.92 Å². The average Bonchev–Trinajstić information content (AvgIpc) is 2.60. The van der Waals surface area contributed by atoms with Gasteiger partial charge in [0.05, 0.1) is 21.9 Å². The Labute approximate surface area is 100 Å². The molecule has 0 saturated heterocycles. The quantitative estimate of drug-likeness (QED) is 0.757. The molecule has 0 saturated carbocycles. The molecule has 0 bridgehead atoms. The number of aryl methyl sites for hydroxylation is 2. The van der Waals surface area contributed by atoms with Gasteiger partial charge in [0.2, 0.25) is 0 Å². The van der Waals surface area contributed by atoms with Gasteiger partial charge in [-0.2, -0.15) is 5.10 Å². The lowest BCUT2D eigenvalue weighted by molar-refractivity contribution is 0.768. The Morgan fingerprint density at radius 3 is 2.67 bits per heavy atom. The predicted octanol–water partition coefficient (Wildman–Crippen LogP) is 2.60. The molecule has 2 heterocycles. The van der Waals surface area contributed by atoms with Crippen LogP contribution in [-0.4, -0.2) is 19.7 Å². The zero-order valence-electron chi connectivity index (χ0n) is 8.20. The zero-order chi connectivity index (χ0) is 11.0. The minimum absolute atomic E-state index is 0.418. The fourth-order valence-electron chi connectivity index (χ4n) is 1.19. The molecule has 0 aliphatic rings. The lowest BCUT2D eigenvalue weighted by Gasteiger charge is -2.02. The zero-order valence-corrected chi connectivity index (χ0v) is 10.5. The van der Waals surface area contributed by atoms with Gasteiger partial charge >= 0.3 is 0 Å². The molecule has 0 atom stereocenters. The number of hydrogen-bond donors (Lipinski definition) is 0. The normalized spacial score (nSPS) is 10.7. The molecule has 0 aliphatic heterocycles. The van der Waals surface area contributed by atoms with Crippen LogP contribution >= 0.6 is 27.5 Å². The van der Waals surface area contributed by atoms with Gasteiger partial charge in [0.25, 0.3) is 0 Å². The molecule has 2 aromatic rings. The van der Waals surface area contributed by atoms with Crippen molar-refractivity contribution in [3.05, 3.63) is 27.7 Å². The van der Waals surface area contributed by atoms with Gasteiger partial charge in [-0.1, -0.05) is 11.6 Å². The Bertz CT molecular complexity index is 486. The molecule has 0 radical (unpaired) electrons. The molecule has 0 spiro atoms. The van der Waals surface area contributed by atoms with E-state index >= 15 is 0 Å². The Kier molecular flexibility index (Phi) is 2.75. The Hall–Kier alpha value is -0.940. The van der Waals surface area contributed by atoms with Crippen molar-refractivity contribution in [3.63, 3.8) is 0 Å². The predicted molar refractivity (Wildman–Crippen MR) is 61.7 cm³/mol. The number of rotatable bonds is 1. The van der Waals surface area contributed by atoms with Crippen molar-refractivity contribution in [1.82, 2.24) is 19.7 Å². The molecule has 2 rings (SSSR count). The summed E-state index contributed by atoms with van der Waals surface area (Å²) in [7, 11) is 1.84. The third-order valence-electron chi connectivity index (χ3n) is 1.94. The summed E-state index contributed by atoms with van der Waals surface area (Å²) < 4.78 is 2.43. The maximum atomic E-state index is 5.95. The van der Waals surface area contributed by atoms with E-state index in [2.05, 4.69) is 31.0 Å². The molecule has 0 unspecified atom stereocenters. The van der Waals surface area contributed by atoms with E-state index < -0.39 is 0 Å². The number of halogens is 2. The highest BCUT2D eigenvalue weighted by atomic mass is 79.9. The summed E-state index contributed by atoms with van der Waals surface area (Å²) in [5.74, 6) is 0.591. The summed E-state index contributed by atoms with van der Waals surface area (Å²) in [6.07, 6.45) is 3.55. The van der Waals surface area contributed by atoms with Crippen LogP contribution in [0.4, 0.5) is 0 Å². The highest BCUT2D eigenvalue weighted by molar-refractivity contribution is 9.10. The fraction of sp³-hybridized carbons (Fsp3) is 0.222. The SMILES string of the molecule is Cc1nc(-c2cnn(C)c2)nc(Cl)c1Br. The molecule has 15 heavy (non-hydrogen) atoms. The summed E-state index contributed by atoms with van der Waals surface area (Å²) in [6, 6.07) is 0. The number of hydrogen-bond acceptors (Lipinski definition) is 3. The van der Waals surface area contributed by atoms with Crippen LogP contribution in [0.5, 0.6) is 0 Å². The van der Waals surface area contributed by atoms with Crippen LogP contribution in [0, 0.1) is 6.92 Å². The first-order valence-corrected chi connectivity index (χ1v) is 5.43. The molecule has 0 fully saturated rings. The van der Waals surface area contributed by atoms with Crippen molar-refractivity contribution in [2.75, 3.05) is 0 Å². The van der Waals surface area contributed by atoms with Crippen LogP contribution in [0.2, 0.25) is 5.15 Å². The molecular formula is C9H8BrClN4. The van der Waals surface area contributed by atoms with E-state index in [1.165, 1.54) is 0 Å². The second-order valence-corrected chi connectivity index (χ2v) is 4.29. The molecule has 0 N–H and O–H groups in total. The Balaban J connectivity index is 2.55. The average molecular weight is 288 g/mol. The number of nitrogens with zero attached hydrogens (tertiary/aromatic N) is 4. The van der Waals surface area contributed by atoms with E-state index in [0.717, 1.165) is 15.7 Å². The summed E-state index contributed by atoms with van der Waals surface area (Å²) in [5.41, 5.74) is 1.67. The van der Waals surface area contributed by atoms with Gasteiger partial charge in [-0.25, -0.2) is 9.97 Å². The largest absolute Gasteiger partial charge is 0.275 e. The van der Waals surface area contributed by atoms with Gasteiger partial charge in [0, 0.05) is 13.2 Å². The third kappa shape index (κ3) is 2.03. The monoisotopic (exact) mass is 286 g/mol. The van der Waals surface area contributed by atoms with Crippen molar-refractivity contribution in [3.8, 4) is 11.4 Å². The maximum absolute atomic E-state index is 5.95. The smallest absolute Gasteiger partial charge is 0.164 e. The van der Waals surface area contributed by atoms with E-state index in [1.807, 2.05) is 20.2 Å². The molecule has 78 valence electrons. The molecule has 0 aromatic carbocycles. The second kappa shape index (κ2) is 3.90. The molecule has 0 aliphatic carbocycles. The third-order valence-corrected chi connectivity index (χ3v) is 3.39. The number of aromatic nitrogens is 4. The van der Waals surface area contributed by atoms with Gasteiger partial charge in [-0.05, 0) is 22.9 Å². The first-order chi connectivity index (χ1) is 7.08. The topological polar surface area (TPSA) is 43.6 Å². The van der Waals surface area contributed by atoms with Crippen LogP contribution in [0.15, 0.2) is 16.9 Å². The van der Waals surface area contributed by atoms with Crippen LogP contribution < -0.4 is 0 Å². The van der Waals surface area contributed by atoms with E-state index in [9.17, 15) is 0 Å². The summed E-state index contributed by atoms with van der Waals surface area (Å²) >= 11 is 9.26. The lowest BCUT2D eigenvalue weighted by atomic mass is 10.3. The van der Waals surface area contributed by atoms with Gasteiger partial charge in [0.1, 0.15) is 5.15 Å². The first kappa shape index (κ1) is 10.6. The molecule has 0 amide bonds. The van der Waals surface area contributed by atoms with Crippen LogP contribution in [0.25, 0.3) is 11.4 Å². The summed E-state index contributed by atoms with van der Waals surface area (Å²) in [5, 5.41) is 4.47. The van der Waals surface area contributed by atoms with Crippen LogP contribution in [0.1, 0.15) is 5.69 Å². The summed E-state index contributed by atoms with van der Waals surface area (Å²) in [6.45, 7) is 1.87. The molecular weight excluding hydrogens is 279 g/mol. The first-order valence-electron chi connectivity index (χ1n) is 4.26. The summed E-state index contributed by atoms with van der Waals surface area (Å²) in [4.78, 5) is 8.49. The van der Waals surface area contributed by atoms with Gasteiger partial charge < -0.3 is 0 Å². The highest BCUT2D eigenvalue weighted by Crippen LogP contribution is 2.25. The van der Waals surface area contributed by atoms with Crippen LogP contribution in [-0.2, 0) is 7.05 Å². The van der Waals surface area contributed by atoms with Gasteiger partial charge in [-0.15, -0.1) is 0 Å². The van der Waals surface area contributed by atoms with Gasteiger partial charge in [0.15, 0.2) is 5.82 Å². The van der Waals surface area contributed by atoms with Crippen LogP contribution in [0.3, 0.4) is 0 Å². The fourth-order valence-corrected chi connectivity index (χ4v) is 1.58. The minimum Gasteiger partial charge on any atom is -0.275 e. The van der Waals surface area contributed by atoms with E-state index in [4.69, 9.17) is 11.6 Å². The molecule has 6 heteroatoms. The Morgan fingerprint density at radius 1 is 1.40 bits per heavy atom. The van der Waals surface area contributed by atoms with Crippen molar-refractivity contribution >= 4 is 27.5 Å². The van der Waals surface area contributed by atoms with Crippen molar-refractivity contribution in [2.24, 2.45) is 7.05 Å². The van der Waals surface area contributed by atoms with Crippen molar-refractivity contribution in [1.29, 1.82) is 0 Å². The molecule has 4 nitrogen and oxygen atoms in total. The van der Waals surface area contributed by atoms with Crippen molar-refractivity contribution < 1.29 is 0 Å². The standard InChI is InChI=1S/C9H8BrClN4/c1-5-7(10)8(11)14-9(13-5)6-3-12-15(2)4-6/h3-4H,1-2H3. The maximum Gasteiger partial charge on any atom is 0.164 e. The lowest BCUT2D eigenvalue weighted by Crippen LogP contribution is -1.93. The highest BCUT2D eigenvalue weighted by Gasteiger charge is 2.09. The van der Waals surface area contributed by atoms with E-state index in [-0.39, 0.29) is 0 Å². The second-order valence-electron chi connectivity index (χ2n) is 3.14. The Morgan fingerprint density at radius 2 is 2.13 bits per heavy atom. The van der Waals surface area contributed by atoms with E-state index in [0.29, 0.717) is 11.0 Å². The van der Waals surface area contributed by atoms with E-state index in [1.54, 1.807) is 10.9 Å². The molecule has 2 aromatic heterocycles. The van der Waals surface area contributed by atoms with Gasteiger partial charge in [-0.3, -0.25) is 4.68 Å².